The maximum atomic E-state index is 13.6. The Balaban J connectivity index is 1.59. The normalized spacial score (nSPS) is 11.6. The Bertz CT molecular complexity index is 1360. The van der Waals surface area contributed by atoms with E-state index in [9.17, 15) is 9.18 Å². The monoisotopic (exact) mass is 394 g/mol. The molecule has 0 spiro atoms. The quantitative estimate of drug-likeness (QED) is 0.508. The van der Waals surface area contributed by atoms with Gasteiger partial charge in [-0.05, 0) is 5.56 Å². The summed E-state index contributed by atoms with van der Waals surface area (Å²) in [6, 6.07) is 9.73. The summed E-state index contributed by atoms with van der Waals surface area (Å²) in [5.41, 5.74) is 2.52. The van der Waals surface area contributed by atoms with Crippen LogP contribution in [0.4, 0.5) is 4.39 Å². The molecule has 0 aliphatic heterocycles. The SMILES string of the molecule is Cn1c2nc(Cc3[nH]ncc3F)sc2c2cnn(Cc3ccccc3)c(=O)c21. The first-order valence-electron chi connectivity index (χ1n) is 8.67. The molecule has 0 unspecified atom stereocenters. The number of fused-ring (bicyclic) bond motifs is 3. The summed E-state index contributed by atoms with van der Waals surface area (Å²) >= 11 is 1.44. The maximum Gasteiger partial charge on any atom is 0.291 e. The standard InChI is InChI=1S/C19H15FN6OS/c1-25-16-12(8-22-26(19(16)27)10-11-5-3-2-4-6-11)17-18(25)23-15(28-17)7-14-13(20)9-21-24-14/h2-6,8-9H,7,10H2,1H3,(H,21,24). The molecule has 0 bridgehead atoms. The first kappa shape index (κ1) is 16.8. The highest BCUT2D eigenvalue weighted by molar-refractivity contribution is 7.19. The Morgan fingerprint density at radius 1 is 1.21 bits per heavy atom. The van der Waals surface area contributed by atoms with Crippen LogP contribution in [0.5, 0.6) is 0 Å². The number of H-pyrrole nitrogens is 1. The van der Waals surface area contributed by atoms with Crippen molar-refractivity contribution in [2.75, 3.05) is 0 Å². The molecule has 0 aliphatic carbocycles. The zero-order valence-electron chi connectivity index (χ0n) is 14.9. The molecule has 1 N–H and O–H groups in total. The van der Waals surface area contributed by atoms with Crippen LogP contribution < -0.4 is 5.56 Å². The highest BCUT2D eigenvalue weighted by Gasteiger charge is 2.19. The second-order valence-corrected chi connectivity index (χ2v) is 7.63. The fraction of sp³-hybridized carbons (Fsp3) is 0.158. The number of aromatic nitrogens is 6. The summed E-state index contributed by atoms with van der Waals surface area (Å²) in [5.74, 6) is -0.380. The lowest BCUT2D eigenvalue weighted by Gasteiger charge is -2.05. The molecule has 5 aromatic rings. The summed E-state index contributed by atoms with van der Waals surface area (Å²) in [6.45, 7) is 0.409. The molecule has 0 aliphatic rings. The molecule has 5 rings (SSSR count). The topological polar surface area (TPSA) is 81.4 Å². The highest BCUT2D eigenvalue weighted by Crippen LogP contribution is 2.31. The van der Waals surface area contributed by atoms with Gasteiger partial charge in [0.05, 0.1) is 29.3 Å². The molecule has 4 aromatic heterocycles. The number of halogens is 1. The predicted molar refractivity (Wildman–Crippen MR) is 105 cm³/mol. The lowest BCUT2D eigenvalue weighted by molar-refractivity contribution is 0.614. The van der Waals surface area contributed by atoms with E-state index in [-0.39, 0.29) is 11.4 Å². The predicted octanol–water partition coefficient (Wildman–Crippen LogP) is 2.85. The largest absolute Gasteiger partial charge is 0.323 e. The number of benzene rings is 1. The van der Waals surface area contributed by atoms with Gasteiger partial charge >= 0.3 is 0 Å². The summed E-state index contributed by atoms with van der Waals surface area (Å²) in [4.78, 5) is 17.6. The number of aromatic amines is 1. The molecule has 28 heavy (non-hydrogen) atoms. The van der Waals surface area contributed by atoms with Crippen molar-refractivity contribution in [3.05, 3.63) is 75.2 Å². The van der Waals surface area contributed by atoms with Crippen molar-refractivity contribution < 1.29 is 4.39 Å². The third-order valence-electron chi connectivity index (χ3n) is 4.74. The van der Waals surface area contributed by atoms with Gasteiger partial charge in [-0.3, -0.25) is 9.89 Å². The van der Waals surface area contributed by atoms with E-state index in [0.717, 1.165) is 26.9 Å². The molecule has 0 radical (unpaired) electrons. The van der Waals surface area contributed by atoms with Crippen molar-refractivity contribution >= 4 is 32.6 Å². The van der Waals surface area contributed by atoms with E-state index in [2.05, 4.69) is 20.3 Å². The van der Waals surface area contributed by atoms with Gasteiger partial charge in [0.25, 0.3) is 5.56 Å². The molecule has 0 amide bonds. The smallest absolute Gasteiger partial charge is 0.291 e. The number of nitrogens with zero attached hydrogens (tertiary/aromatic N) is 5. The van der Waals surface area contributed by atoms with Crippen molar-refractivity contribution in [1.82, 2.24) is 29.5 Å². The number of hydrogen-bond acceptors (Lipinski definition) is 5. The Kier molecular flexibility index (Phi) is 3.83. The average molecular weight is 394 g/mol. The summed E-state index contributed by atoms with van der Waals surface area (Å²) in [6.07, 6.45) is 3.18. The summed E-state index contributed by atoms with van der Waals surface area (Å²) < 4.78 is 17.8. The molecule has 9 heteroatoms. The van der Waals surface area contributed by atoms with Crippen molar-refractivity contribution in [3.8, 4) is 0 Å². The molecule has 0 fully saturated rings. The fourth-order valence-electron chi connectivity index (χ4n) is 3.35. The first-order valence-corrected chi connectivity index (χ1v) is 9.49. The van der Waals surface area contributed by atoms with E-state index in [1.54, 1.807) is 10.8 Å². The van der Waals surface area contributed by atoms with Crippen LogP contribution >= 0.6 is 11.3 Å². The number of thiazole rings is 1. The van der Waals surface area contributed by atoms with Crippen LogP contribution in [0.1, 0.15) is 16.3 Å². The zero-order chi connectivity index (χ0) is 19.3. The van der Waals surface area contributed by atoms with Gasteiger partial charge in [-0.2, -0.15) is 10.2 Å². The minimum Gasteiger partial charge on any atom is -0.323 e. The molecule has 7 nitrogen and oxygen atoms in total. The average Bonchev–Trinajstić information content (AvgIpc) is 3.36. The molecular formula is C19H15FN6OS. The lowest BCUT2D eigenvalue weighted by Crippen LogP contribution is -2.24. The second kappa shape index (κ2) is 6.38. The van der Waals surface area contributed by atoms with Crippen molar-refractivity contribution in [1.29, 1.82) is 0 Å². The zero-order valence-corrected chi connectivity index (χ0v) is 15.7. The fourth-order valence-corrected chi connectivity index (χ4v) is 4.47. The number of rotatable bonds is 4. The highest BCUT2D eigenvalue weighted by atomic mass is 32.1. The van der Waals surface area contributed by atoms with Gasteiger partial charge in [-0.1, -0.05) is 30.3 Å². The molecule has 140 valence electrons. The molecule has 0 saturated heterocycles. The van der Waals surface area contributed by atoms with Gasteiger partial charge in [0.2, 0.25) is 0 Å². The molecule has 1 aromatic carbocycles. The number of nitrogens with one attached hydrogen (secondary N) is 1. The summed E-state index contributed by atoms with van der Waals surface area (Å²) in [7, 11) is 1.82. The summed E-state index contributed by atoms with van der Waals surface area (Å²) in [5, 5.41) is 12.2. The Morgan fingerprint density at radius 3 is 2.79 bits per heavy atom. The number of aryl methyl sites for hydroxylation is 1. The van der Waals surface area contributed by atoms with E-state index >= 15 is 0 Å². The Hall–Kier alpha value is -3.33. The van der Waals surface area contributed by atoms with Crippen LogP contribution in [-0.2, 0) is 20.0 Å². The first-order chi connectivity index (χ1) is 13.6. The van der Waals surface area contributed by atoms with Crippen molar-refractivity contribution in [2.45, 2.75) is 13.0 Å². The molecule has 0 saturated carbocycles. The maximum absolute atomic E-state index is 13.6. The van der Waals surface area contributed by atoms with Crippen LogP contribution in [-0.4, -0.2) is 29.5 Å². The Labute approximate surface area is 162 Å². The van der Waals surface area contributed by atoms with E-state index in [1.807, 2.05) is 37.4 Å². The van der Waals surface area contributed by atoms with E-state index in [1.165, 1.54) is 16.0 Å². The molecule has 0 atom stereocenters. The van der Waals surface area contributed by atoms with Gasteiger partial charge in [-0.25, -0.2) is 14.1 Å². The van der Waals surface area contributed by atoms with Crippen LogP contribution in [0, 0.1) is 5.82 Å². The van der Waals surface area contributed by atoms with E-state index in [4.69, 9.17) is 0 Å². The third-order valence-corrected chi connectivity index (χ3v) is 5.82. The Morgan fingerprint density at radius 2 is 2.04 bits per heavy atom. The van der Waals surface area contributed by atoms with Crippen LogP contribution in [0.2, 0.25) is 0 Å². The van der Waals surface area contributed by atoms with Crippen molar-refractivity contribution in [2.24, 2.45) is 7.05 Å². The van der Waals surface area contributed by atoms with Gasteiger partial charge in [-0.15, -0.1) is 11.3 Å². The minimum atomic E-state index is -0.380. The second-order valence-electron chi connectivity index (χ2n) is 6.55. The van der Waals surface area contributed by atoms with Crippen molar-refractivity contribution in [3.63, 3.8) is 0 Å². The third kappa shape index (κ3) is 2.63. The van der Waals surface area contributed by atoms with Gasteiger partial charge in [0, 0.05) is 18.9 Å². The van der Waals surface area contributed by atoms with Gasteiger partial charge in [0.15, 0.2) is 11.5 Å². The molecular weight excluding hydrogens is 379 g/mol. The van der Waals surface area contributed by atoms with E-state index < -0.39 is 0 Å². The van der Waals surface area contributed by atoms with E-state index in [0.29, 0.717) is 29.8 Å². The number of hydrogen-bond donors (Lipinski definition) is 1. The lowest BCUT2D eigenvalue weighted by atomic mass is 10.2. The minimum absolute atomic E-state index is 0.157. The molecule has 4 heterocycles. The van der Waals surface area contributed by atoms with Gasteiger partial charge < -0.3 is 4.57 Å². The van der Waals surface area contributed by atoms with Crippen LogP contribution in [0.3, 0.4) is 0 Å². The van der Waals surface area contributed by atoms with Crippen LogP contribution in [0.25, 0.3) is 21.3 Å². The van der Waals surface area contributed by atoms with Crippen LogP contribution in [0.15, 0.2) is 47.5 Å². The van der Waals surface area contributed by atoms with Gasteiger partial charge in [0.1, 0.15) is 10.5 Å².